The highest BCUT2D eigenvalue weighted by molar-refractivity contribution is 9.10. The van der Waals surface area contributed by atoms with Gasteiger partial charge in [-0.2, -0.15) is 0 Å². The molecule has 170 valence electrons. The fraction of sp³-hybridized carbons (Fsp3) is 0.250. The fourth-order valence-electron chi connectivity index (χ4n) is 3.10. The zero-order valence-corrected chi connectivity index (χ0v) is 20.4. The van der Waals surface area contributed by atoms with Gasteiger partial charge in [-0.15, -0.1) is 21.9 Å². The summed E-state index contributed by atoms with van der Waals surface area (Å²) in [7, 11) is 0. The van der Waals surface area contributed by atoms with Gasteiger partial charge in [-0.05, 0) is 36.4 Å². The lowest BCUT2D eigenvalue weighted by Gasteiger charge is -2.30. The van der Waals surface area contributed by atoms with E-state index in [4.69, 9.17) is 48.0 Å². The van der Waals surface area contributed by atoms with Crippen LogP contribution in [0.1, 0.15) is 5.56 Å². The van der Waals surface area contributed by atoms with Crippen molar-refractivity contribution in [2.24, 2.45) is 0 Å². The summed E-state index contributed by atoms with van der Waals surface area (Å²) in [4.78, 5) is 13.7. The number of hydrogen-bond acceptors (Lipinski definition) is 6. The van der Waals surface area contributed by atoms with Gasteiger partial charge in [0.05, 0.1) is 30.6 Å². The number of hydrogen-bond donors (Lipinski definition) is 1. The number of halogens is 3. The van der Waals surface area contributed by atoms with Crippen molar-refractivity contribution in [1.82, 2.24) is 9.55 Å². The van der Waals surface area contributed by atoms with E-state index in [9.17, 15) is 0 Å². The molecule has 4 rings (SSSR count). The molecule has 1 fully saturated rings. The lowest BCUT2D eigenvalue weighted by Crippen LogP contribution is -2.34. The minimum atomic E-state index is -1.50. The Morgan fingerprint density at radius 3 is 2.66 bits per heavy atom. The van der Waals surface area contributed by atoms with Crippen LogP contribution in [-0.4, -0.2) is 38.3 Å². The number of thioether (sulfide) groups is 1. The van der Waals surface area contributed by atoms with Gasteiger partial charge in [-0.1, -0.05) is 45.2 Å². The van der Waals surface area contributed by atoms with Crippen LogP contribution in [0.3, 0.4) is 0 Å². The predicted octanol–water partition coefficient (Wildman–Crippen LogP) is 5.67. The van der Waals surface area contributed by atoms with E-state index < -0.39 is 10.9 Å². The summed E-state index contributed by atoms with van der Waals surface area (Å²) < 4.78 is 15.7. The second-order valence-corrected chi connectivity index (χ2v) is 9.52. The first-order valence-corrected chi connectivity index (χ1v) is 11.8. The van der Waals surface area contributed by atoms with Gasteiger partial charge in [0.15, 0.2) is 0 Å². The Balaban J connectivity index is 0.000000668. The molecule has 12 heteroatoms. The largest absolute Gasteiger partial charge is 0.342 e. The Labute approximate surface area is 206 Å². The Morgan fingerprint density at radius 2 is 2.03 bits per heavy atom. The SMILES string of the molecule is Clc1ccc(C2(Cn3ccnc3)OCC(CSc3ccc(Br)cc3)O2)c(Cl)c1.O=[N+]([O-])O. The van der Waals surface area contributed by atoms with E-state index in [0.29, 0.717) is 23.2 Å². The molecule has 0 spiro atoms. The van der Waals surface area contributed by atoms with Crippen LogP contribution in [0.2, 0.25) is 10.0 Å². The van der Waals surface area contributed by atoms with E-state index in [1.165, 1.54) is 4.90 Å². The summed E-state index contributed by atoms with van der Waals surface area (Å²) in [6.07, 6.45) is 5.28. The number of imidazole rings is 1. The number of rotatable bonds is 6. The molecule has 2 unspecified atom stereocenters. The minimum Gasteiger partial charge on any atom is -0.342 e. The van der Waals surface area contributed by atoms with Crippen molar-refractivity contribution in [1.29, 1.82) is 0 Å². The zero-order valence-electron chi connectivity index (χ0n) is 16.4. The molecule has 8 nitrogen and oxygen atoms in total. The van der Waals surface area contributed by atoms with Crippen molar-refractivity contribution in [3.05, 3.63) is 91.4 Å². The van der Waals surface area contributed by atoms with Crippen LogP contribution in [0.15, 0.2) is 70.6 Å². The molecule has 2 heterocycles. The van der Waals surface area contributed by atoms with Crippen LogP contribution in [0.4, 0.5) is 0 Å². The number of aromatic nitrogens is 2. The van der Waals surface area contributed by atoms with Crippen LogP contribution in [0.25, 0.3) is 0 Å². The Hall–Kier alpha value is -1.82. The second kappa shape index (κ2) is 11.4. The van der Waals surface area contributed by atoms with Crippen LogP contribution in [-0.2, 0) is 21.8 Å². The summed E-state index contributed by atoms with van der Waals surface area (Å²) in [5.41, 5.74) is 0.767. The molecule has 0 aliphatic carbocycles. The lowest BCUT2D eigenvalue weighted by molar-refractivity contribution is -0.742. The van der Waals surface area contributed by atoms with E-state index >= 15 is 0 Å². The first-order valence-electron chi connectivity index (χ1n) is 9.22. The molecule has 1 aromatic heterocycles. The van der Waals surface area contributed by atoms with Crippen molar-refractivity contribution >= 4 is 50.9 Å². The summed E-state index contributed by atoms with van der Waals surface area (Å²) >= 11 is 17.8. The molecular formula is C20H18BrCl2N3O5S. The summed E-state index contributed by atoms with van der Waals surface area (Å²) in [6, 6.07) is 13.6. The molecule has 0 amide bonds. The summed E-state index contributed by atoms with van der Waals surface area (Å²) in [6.45, 7) is 0.935. The van der Waals surface area contributed by atoms with Gasteiger partial charge in [0, 0.05) is 38.1 Å². The topological polar surface area (TPSA) is 99.7 Å². The number of ether oxygens (including phenoxy) is 2. The van der Waals surface area contributed by atoms with E-state index in [2.05, 4.69) is 33.0 Å². The smallest absolute Gasteiger partial charge is 0.291 e. The third-order valence-corrected chi connectivity index (χ3v) is 6.62. The molecule has 0 bridgehead atoms. The standard InChI is InChI=1S/C20H17BrCl2N2O2S.HNO3/c21-14-1-4-17(5-2-14)28-11-16-10-26-20(27-16,12-25-8-7-24-13-25)18-6-3-15(22)9-19(18)23;2-1(3)4/h1-9,13,16H,10-12H2;(H,2,3,4). The van der Waals surface area contributed by atoms with Gasteiger partial charge >= 0.3 is 0 Å². The number of benzene rings is 2. The quantitative estimate of drug-likeness (QED) is 0.235. The number of nitrogens with zero attached hydrogens (tertiary/aromatic N) is 3. The predicted molar refractivity (Wildman–Crippen MR) is 125 cm³/mol. The maximum Gasteiger partial charge on any atom is 0.291 e. The molecule has 1 aliphatic heterocycles. The zero-order chi connectivity index (χ0) is 23.1. The van der Waals surface area contributed by atoms with E-state index in [1.54, 1.807) is 36.4 Å². The Morgan fingerprint density at radius 1 is 1.31 bits per heavy atom. The molecule has 32 heavy (non-hydrogen) atoms. The lowest BCUT2D eigenvalue weighted by atomic mass is 10.1. The molecule has 1 aliphatic rings. The molecule has 2 atom stereocenters. The van der Waals surface area contributed by atoms with Gasteiger partial charge in [0.25, 0.3) is 5.09 Å². The van der Waals surface area contributed by atoms with Crippen molar-refractivity contribution < 1.29 is 19.8 Å². The van der Waals surface area contributed by atoms with Crippen LogP contribution in [0, 0.1) is 10.1 Å². The highest BCUT2D eigenvalue weighted by Crippen LogP contribution is 2.41. The van der Waals surface area contributed by atoms with Crippen molar-refractivity contribution in [3.8, 4) is 0 Å². The highest BCUT2D eigenvalue weighted by atomic mass is 79.9. The monoisotopic (exact) mass is 561 g/mol. The Bertz CT molecular complexity index is 1040. The van der Waals surface area contributed by atoms with Crippen LogP contribution in [0.5, 0.6) is 0 Å². The first-order chi connectivity index (χ1) is 15.3. The third-order valence-electron chi connectivity index (χ3n) is 4.40. The summed E-state index contributed by atoms with van der Waals surface area (Å²) in [5.74, 6) is -0.203. The van der Waals surface area contributed by atoms with Crippen molar-refractivity contribution in [2.45, 2.75) is 23.3 Å². The minimum absolute atomic E-state index is 0.0658. The van der Waals surface area contributed by atoms with Crippen molar-refractivity contribution in [3.63, 3.8) is 0 Å². The van der Waals surface area contributed by atoms with Gasteiger partial charge in [0.1, 0.15) is 0 Å². The molecule has 0 saturated carbocycles. The maximum atomic E-state index is 8.36. The normalized spacial score (nSPS) is 19.9. The molecule has 3 aromatic rings. The van der Waals surface area contributed by atoms with E-state index in [1.807, 2.05) is 29.0 Å². The highest BCUT2D eigenvalue weighted by Gasteiger charge is 2.45. The first kappa shape index (κ1) is 24.8. The molecule has 0 radical (unpaired) electrons. The molecule has 1 saturated heterocycles. The average molecular weight is 563 g/mol. The van der Waals surface area contributed by atoms with Crippen LogP contribution < -0.4 is 0 Å². The van der Waals surface area contributed by atoms with E-state index in [-0.39, 0.29) is 6.10 Å². The summed E-state index contributed by atoms with van der Waals surface area (Å²) in [5, 5.41) is 14.7. The van der Waals surface area contributed by atoms with Gasteiger partial charge in [-0.25, -0.2) is 4.98 Å². The average Bonchev–Trinajstić information content (AvgIpc) is 3.38. The third kappa shape index (κ3) is 6.84. The van der Waals surface area contributed by atoms with Crippen molar-refractivity contribution in [2.75, 3.05) is 12.4 Å². The fourth-order valence-corrected chi connectivity index (χ4v) is 4.78. The van der Waals surface area contributed by atoms with Gasteiger partial charge in [-0.3, -0.25) is 0 Å². The van der Waals surface area contributed by atoms with E-state index in [0.717, 1.165) is 15.8 Å². The van der Waals surface area contributed by atoms with Crippen LogP contribution >= 0.6 is 50.9 Å². The molecule has 1 N–H and O–H groups in total. The Kier molecular flexibility index (Phi) is 8.80. The second-order valence-electron chi connectivity index (χ2n) is 6.67. The maximum absolute atomic E-state index is 8.36. The van der Waals surface area contributed by atoms with Gasteiger partial charge < -0.3 is 19.2 Å². The van der Waals surface area contributed by atoms with Gasteiger partial charge in [0.2, 0.25) is 5.79 Å². The molecular weight excluding hydrogens is 545 g/mol. The molecule has 2 aromatic carbocycles.